The highest BCUT2D eigenvalue weighted by Gasteiger charge is 2.38. The largest absolute Gasteiger partial charge is 0.378 e. The lowest BCUT2D eigenvalue weighted by Crippen LogP contribution is -2.48. The lowest BCUT2D eigenvalue weighted by molar-refractivity contribution is -0.0683. The van der Waals surface area contributed by atoms with E-state index in [4.69, 9.17) is 4.74 Å². The van der Waals surface area contributed by atoms with E-state index in [1.165, 1.54) is 0 Å². The molecule has 2 fully saturated rings. The Morgan fingerprint density at radius 1 is 1.29 bits per heavy atom. The molecule has 2 aliphatic heterocycles. The number of hydrogen-bond donors (Lipinski definition) is 1. The van der Waals surface area contributed by atoms with Gasteiger partial charge in [0.05, 0.1) is 24.1 Å². The maximum absolute atomic E-state index is 6.05. The maximum Gasteiger partial charge on any atom is 0.200 e. The van der Waals surface area contributed by atoms with Gasteiger partial charge >= 0.3 is 0 Å². The molecule has 2 aliphatic rings. The van der Waals surface area contributed by atoms with Crippen LogP contribution in [-0.4, -0.2) is 62.6 Å². The molecule has 1 N–H and O–H groups in total. The van der Waals surface area contributed by atoms with Gasteiger partial charge in [0.2, 0.25) is 5.65 Å². The SMILES string of the molecule is Cc1nn2cnnc2c(N[C@@H]2C[C@H]3CO[C@H](C(C)C)CN3C2)c1C. The van der Waals surface area contributed by atoms with E-state index in [1.807, 2.05) is 6.92 Å². The zero-order valence-corrected chi connectivity index (χ0v) is 14.9. The predicted octanol–water partition coefficient (Wildman–Crippen LogP) is 1.65. The van der Waals surface area contributed by atoms with Gasteiger partial charge in [-0.2, -0.15) is 9.61 Å². The van der Waals surface area contributed by atoms with E-state index < -0.39 is 0 Å². The van der Waals surface area contributed by atoms with Crippen LogP contribution in [0.5, 0.6) is 0 Å². The summed E-state index contributed by atoms with van der Waals surface area (Å²) in [7, 11) is 0. The second-order valence-corrected chi connectivity index (χ2v) is 7.49. The fraction of sp³-hybridized carbons (Fsp3) is 0.706. The third-order valence-electron chi connectivity index (χ3n) is 5.47. The second-order valence-electron chi connectivity index (χ2n) is 7.49. The summed E-state index contributed by atoms with van der Waals surface area (Å²) in [4.78, 5) is 2.58. The molecule has 4 rings (SSSR count). The molecule has 0 radical (unpaired) electrons. The predicted molar refractivity (Wildman–Crippen MR) is 92.2 cm³/mol. The van der Waals surface area contributed by atoms with Crippen molar-refractivity contribution < 1.29 is 4.74 Å². The van der Waals surface area contributed by atoms with Crippen molar-refractivity contribution in [2.75, 3.05) is 25.0 Å². The number of aryl methyl sites for hydroxylation is 1. The smallest absolute Gasteiger partial charge is 0.200 e. The van der Waals surface area contributed by atoms with Crippen molar-refractivity contribution in [3.05, 3.63) is 17.6 Å². The van der Waals surface area contributed by atoms with E-state index in [2.05, 4.69) is 46.3 Å². The Labute approximate surface area is 142 Å². The quantitative estimate of drug-likeness (QED) is 0.923. The van der Waals surface area contributed by atoms with Crippen LogP contribution in [0.3, 0.4) is 0 Å². The highest BCUT2D eigenvalue weighted by molar-refractivity contribution is 5.71. The van der Waals surface area contributed by atoms with Gasteiger partial charge in [0.15, 0.2) is 0 Å². The van der Waals surface area contributed by atoms with Gasteiger partial charge in [-0.15, -0.1) is 10.2 Å². The monoisotopic (exact) mass is 330 g/mol. The Bertz CT molecular complexity index is 742. The number of anilines is 1. The first-order valence-electron chi connectivity index (χ1n) is 8.82. The molecular weight excluding hydrogens is 304 g/mol. The molecule has 0 spiro atoms. The molecule has 0 aromatic carbocycles. The molecule has 2 saturated heterocycles. The van der Waals surface area contributed by atoms with Crippen LogP contribution >= 0.6 is 0 Å². The van der Waals surface area contributed by atoms with Crippen LogP contribution < -0.4 is 5.32 Å². The summed E-state index contributed by atoms with van der Waals surface area (Å²) in [6.07, 6.45) is 3.12. The Morgan fingerprint density at radius 2 is 2.12 bits per heavy atom. The van der Waals surface area contributed by atoms with Crippen LogP contribution in [0.15, 0.2) is 6.33 Å². The fourth-order valence-corrected chi connectivity index (χ4v) is 3.84. The number of rotatable bonds is 3. The van der Waals surface area contributed by atoms with Crippen molar-refractivity contribution in [3.8, 4) is 0 Å². The summed E-state index contributed by atoms with van der Waals surface area (Å²) >= 11 is 0. The number of nitrogens with zero attached hydrogens (tertiary/aromatic N) is 5. The molecule has 0 unspecified atom stereocenters. The van der Waals surface area contributed by atoms with E-state index >= 15 is 0 Å². The molecular formula is C17H26N6O. The van der Waals surface area contributed by atoms with Crippen molar-refractivity contribution >= 4 is 11.3 Å². The zero-order chi connectivity index (χ0) is 16.8. The molecule has 7 heteroatoms. The first kappa shape index (κ1) is 15.8. The normalized spacial score (nSPS) is 27.8. The summed E-state index contributed by atoms with van der Waals surface area (Å²) in [6, 6.07) is 0.931. The first-order valence-corrected chi connectivity index (χ1v) is 8.82. The number of fused-ring (bicyclic) bond motifs is 2. The summed E-state index contributed by atoms with van der Waals surface area (Å²) in [6.45, 7) is 11.5. The third-order valence-corrected chi connectivity index (χ3v) is 5.47. The highest BCUT2D eigenvalue weighted by Crippen LogP contribution is 2.29. The summed E-state index contributed by atoms with van der Waals surface area (Å²) < 4.78 is 7.80. The van der Waals surface area contributed by atoms with E-state index in [1.54, 1.807) is 10.8 Å². The number of nitrogens with one attached hydrogen (secondary N) is 1. The van der Waals surface area contributed by atoms with Gasteiger partial charge in [-0.1, -0.05) is 13.8 Å². The summed E-state index contributed by atoms with van der Waals surface area (Å²) in [5.74, 6) is 0.568. The van der Waals surface area contributed by atoms with Crippen LogP contribution in [0.4, 0.5) is 5.69 Å². The van der Waals surface area contributed by atoms with Gasteiger partial charge in [-0.3, -0.25) is 4.90 Å². The maximum atomic E-state index is 6.05. The molecule has 0 amide bonds. The minimum absolute atomic E-state index is 0.355. The number of aromatic nitrogens is 4. The standard InChI is InChI=1S/C17H26N6O/c1-10(2)15-7-22-6-13(5-14(22)8-24-15)19-16-11(3)12(4)21-23-9-18-20-17(16)23/h9-10,13-15,19H,5-8H2,1-4H3/t13-,14+,15+/m1/s1. The second kappa shape index (κ2) is 5.97. The average molecular weight is 330 g/mol. The Balaban J connectivity index is 1.53. The minimum atomic E-state index is 0.355. The van der Waals surface area contributed by atoms with E-state index in [9.17, 15) is 0 Å². The van der Waals surface area contributed by atoms with E-state index in [0.717, 1.165) is 48.7 Å². The van der Waals surface area contributed by atoms with Crippen molar-refractivity contribution in [2.24, 2.45) is 5.92 Å². The van der Waals surface area contributed by atoms with Crippen molar-refractivity contribution in [1.82, 2.24) is 24.7 Å². The number of ether oxygens (including phenoxy) is 1. The zero-order valence-electron chi connectivity index (χ0n) is 14.9. The van der Waals surface area contributed by atoms with Gasteiger partial charge < -0.3 is 10.1 Å². The molecule has 0 bridgehead atoms. The lowest BCUT2D eigenvalue weighted by atomic mass is 10.0. The third kappa shape index (κ3) is 2.65. The topological polar surface area (TPSA) is 67.6 Å². The molecule has 0 saturated carbocycles. The van der Waals surface area contributed by atoms with E-state index in [0.29, 0.717) is 24.1 Å². The first-order chi connectivity index (χ1) is 11.5. The number of morpholine rings is 1. The molecule has 24 heavy (non-hydrogen) atoms. The Morgan fingerprint density at radius 3 is 2.92 bits per heavy atom. The highest BCUT2D eigenvalue weighted by atomic mass is 16.5. The Hall–Kier alpha value is -1.73. The fourth-order valence-electron chi connectivity index (χ4n) is 3.84. The molecule has 0 aliphatic carbocycles. The summed E-state index contributed by atoms with van der Waals surface area (Å²) in [5, 5.41) is 16.5. The lowest BCUT2D eigenvalue weighted by Gasteiger charge is -2.36. The van der Waals surface area contributed by atoms with Crippen LogP contribution in [0.25, 0.3) is 5.65 Å². The van der Waals surface area contributed by atoms with Crippen molar-refractivity contribution in [3.63, 3.8) is 0 Å². The molecule has 2 aromatic heterocycles. The van der Waals surface area contributed by atoms with Gasteiger partial charge in [-0.05, 0) is 31.7 Å². The van der Waals surface area contributed by atoms with Crippen LogP contribution in [0, 0.1) is 19.8 Å². The molecule has 4 heterocycles. The van der Waals surface area contributed by atoms with Gasteiger partial charge in [-0.25, -0.2) is 0 Å². The van der Waals surface area contributed by atoms with E-state index in [-0.39, 0.29) is 0 Å². The minimum Gasteiger partial charge on any atom is -0.378 e. The summed E-state index contributed by atoms with van der Waals surface area (Å²) in [5.41, 5.74) is 4.02. The van der Waals surface area contributed by atoms with Crippen LogP contribution in [-0.2, 0) is 4.74 Å². The molecule has 7 nitrogen and oxygen atoms in total. The number of hydrogen-bond acceptors (Lipinski definition) is 6. The average Bonchev–Trinajstić information content (AvgIpc) is 3.16. The molecule has 3 atom stereocenters. The van der Waals surface area contributed by atoms with Crippen molar-refractivity contribution in [1.29, 1.82) is 0 Å². The van der Waals surface area contributed by atoms with Crippen molar-refractivity contribution in [2.45, 2.75) is 52.3 Å². The molecule has 2 aromatic rings. The van der Waals surface area contributed by atoms with Crippen LogP contribution in [0.1, 0.15) is 31.5 Å². The Kier molecular flexibility index (Phi) is 3.92. The molecule has 130 valence electrons. The van der Waals surface area contributed by atoms with Crippen LogP contribution in [0.2, 0.25) is 0 Å². The van der Waals surface area contributed by atoms with Gasteiger partial charge in [0.1, 0.15) is 6.33 Å². The van der Waals surface area contributed by atoms with Gasteiger partial charge in [0, 0.05) is 25.2 Å². The van der Waals surface area contributed by atoms with Gasteiger partial charge in [0.25, 0.3) is 0 Å².